The zero-order valence-corrected chi connectivity index (χ0v) is 9.50. The molecule has 1 atom stereocenters. The third-order valence-electron chi connectivity index (χ3n) is 2.43. The summed E-state index contributed by atoms with van der Waals surface area (Å²) in [6, 6.07) is 3.69. The van der Waals surface area contributed by atoms with E-state index < -0.39 is 5.82 Å². The van der Waals surface area contributed by atoms with Gasteiger partial charge in [-0.1, -0.05) is 6.92 Å². The lowest BCUT2D eigenvalue weighted by Crippen LogP contribution is -2.23. The molecule has 1 aromatic carbocycles. The Morgan fingerprint density at radius 1 is 1.56 bits per heavy atom. The number of hydrogen-bond acceptors (Lipinski definition) is 3. The Bertz CT molecular complexity index is 379. The number of Topliss-reactive ketones (excluding diaryl/α,β-unsaturated/α-hetero) is 1. The van der Waals surface area contributed by atoms with Crippen LogP contribution >= 0.6 is 0 Å². The molecule has 0 aliphatic carbocycles. The van der Waals surface area contributed by atoms with Gasteiger partial charge < -0.3 is 10.5 Å². The van der Waals surface area contributed by atoms with Gasteiger partial charge in [-0.3, -0.25) is 4.79 Å². The van der Waals surface area contributed by atoms with E-state index in [9.17, 15) is 9.18 Å². The van der Waals surface area contributed by atoms with Gasteiger partial charge in [0.15, 0.2) is 5.78 Å². The summed E-state index contributed by atoms with van der Waals surface area (Å²) in [6.45, 7) is 1.90. The molecule has 0 saturated heterocycles. The van der Waals surface area contributed by atoms with Gasteiger partial charge in [0.2, 0.25) is 0 Å². The normalized spacial score (nSPS) is 12.2. The van der Waals surface area contributed by atoms with Crippen LogP contribution in [0, 0.1) is 5.82 Å². The van der Waals surface area contributed by atoms with Crippen LogP contribution in [0.1, 0.15) is 30.1 Å². The summed E-state index contributed by atoms with van der Waals surface area (Å²) in [5.41, 5.74) is 5.94. The minimum atomic E-state index is -0.450. The van der Waals surface area contributed by atoms with Crippen molar-refractivity contribution < 1.29 is 13.9 Å². The molecule has 0 heterocycles. The fourth-order valence-corrected chi connectivity index (χ4v) is 1.39. The molecule has 16 heavy (non-hydrogen) atoms. The number of nitrogens with two attached hydrogens (primary N) is 1. The van der Waals surface area contributed by atoms with Crippen molar-refractivity contribution in [2.75, 3.05) is 7.11 Å². The van der Waals surface area contributed by atoms with Gasteiger partial charge in [0.05, 0.1) is 12.7 Å². The number of ether oxygens (including phenoxy) is 1. The Hall–Kier alpha value is -1.42. The summed E-state index contributed by atoms with van der Waals surface area (Å²) in [6.07, 6.45) is 0.916. The van der Waals surface area contributed by atoms with Crippen LogP contribution in [0.4, 0.5) is 4.39 Å². The van der Waals surface area contributed by atoms with Gasteiger partial charge in [0.25, 0.3) is 0 Å². The molecule has 0 saturated carbocycles. The van der Waals surface area contributed by atoms with Gasteiger partial charge >= 0.3 is 0 Å². The molecular formula is C12H16FNO2. The Kier molecular flexibility index (Phi) is 4.43. The lowest BCUT2D eigenvalue weighted by Gasteiger charge is -2.10. The molecule has 4 heteroatoms. The van der Waals surface area contributed by atoms with Crippen LogP contribution in [0.25, 0.3) is 0 Å². The molecule has 0 radical (unpaired) electrons. The molecule has 2 N–H and O–H groups in total. The average Bonchev–Trinajstić information content (AvgIpc) is 2.28. The summed E-state index contributed by atoms with van der Waals surface area (Å²) in [7, 11) is 1.45. The maximum absolute atomic E-state index is 13.0. The first kappa shape index (κ1) is 12.6. The van der Waals surface area contributed by atoms with Gasteiger partial charge in [0, 0.05) is 12.5 Å². The SMILES string of the molecule is CCC(N)CC(=O)c1cc(F)ccc1OC. The third-order valence-corrected chi connectivity index (χ3v) is 2.43. The van der Waals surface area contributed by atoms with Crippen molar-refractivity contribution in [3.63, 3.8) is 0 Å². The van der Waals surface area contributed by atoms with Crippen LogP contribution in [0.3, 0.4) is 0 Å². The first-order valence-electron chi connectivity index (χ1n) is 5.20. The van der Waals surface area contributed by atoms with E-state index in [0.29, 0.717) is 12.2 Å². The lowest BCUT2D eigenvalue weighted by molar-refractivity contribution is 0.0970. The second kappa shape index (κ2) is 5.61. The molecule has 88 valence electrons. The van der Waals surface area contributed by atoms with E-state index in [0.717, 1.165) is 0 Å². The van der Waals surface area contributed by atoms with E-state index in [4.69, 9.17) is 10.5 Å². The van der Waals surface area contributed by atoms with Crippen molar-refractivity contribution >= 4 is 5.78 Å². The molecule has 0 fully saturated rings. The second-order valence-electron chi connectivity index (χ2n) is 3.64. The van der Waals surface area contributed by atoms with E-state index in [1.165, 1.54) is 25.3 Å². The summed E-state index contributed by atoms with van der Waals surface area (Å²) >= 11 is 0. The van der Waals surface area contributed by atoms with Crippen molar-refractivity contribution in [3.05, 3.63) is 29.6 Å². The number of benzene rings is 1. The van der Waals surface area contributed by atoms with Crippen LogP contribution in [-0.2, 0) is 0 Å². The zero-order valence-electron chi connectivity index (χ0n) is 9.50. The number of halogens is 1. The number of hydrogen-bond donors (Lipinski definition) is 1. The standard InChI is InChI=1S/C12H16FNO2/c1-3-9(14)7-11(15)10-6-8(13)4-5-12(10)16-2/h4-6,9H,3,7,14H2,1-2H3. The quantitative estimate of drug-likeness (QED) is 0.781. The average molecular weight is 225 g/mol. The van der Waals surface area contributed by atoms with Gasteiger partial charge in [0.1, 0.15) is 11.6 Å². The topological polar surface area (TPSA) is 52.3 Å². The van der Waals surface area contributed by atoms with Crippen LogP contribution < -0.4 is 10.5 Å². The predicted octanol–water partition coefficient (Wildman–Crippen LogP) is 2.14. The van der Waals surface area contributed by atoms with Gasteiger partial charge in [-0.15, -0.1) is 0 Å². The van der Waals surface area contributed by atoms with Crippen molar-refractivity contribution in [3.8, 4) is 5.75 Å². The highest BCUT2D eigenvalue weighted by Gasteiger charge is 2.15. The minimum Gasteiger partial charge on any atom is -0.496 e. The predicted molar refractivity (Wildman–Crippen MR) is 60.2 cm³/mol. The first-order chi connectivity index (χ1) is 7.58. The molecule has 0 aromatic heterocycles. The highest BCUT2D eigenvalue weighted by Crippen LogP contribution is 2.21. The monoisotopic (exact) mass is 225 g/mol. The molecule has 1 aromatic rings. The van der Waals surface area contributed by atoms with E-state index in [1.807, 2.05) is 6.92 Å². The second-order valence-corrected chi connectivity index (χ2v) is 3.64. The van der Waals surface area contributed by atoms with Crippen LogP contribution in [0.2, 0.25) is 0 Å². The number of ketones is 1. The van der Waals surface area contributed by atoms with Crippen LogP contribution in [-0.4, -0.2) is 18.9 Å². The maximum atomic E-state index is 13.0. The molecule has 1 rings (SSSR count). The number of carbonyl (C=O) groups is 1. The Labute approximate surface area is 94.4 Å². The summed E-state index contributed by atoms with van der Waals surface area (Å²) < 4.78 is 18.0. The van der Waals surface area contributed by atoms with Gasteiger partial charge in [-0.25, -0.2) is 4.39 Å². The minimum absolute atomic E-state index is 0.189. The lowest BCUT2D eigenvalue weighted by atomic mass is 10.0. The fraction of sp³-hybridized carbons (Fsp3) is 0.417. The van der Waals surface area contributed by atoms with Gasteiger partial charge in [-0.05, 0) is 24.6 Å². The Balaban J connectivity index is 2.93. The summed E-state index contributed by atoms with van der Waals surface area (Å²) in [5, 5.41) is 0. The Morgan fingerprint density at radius 2 is 2.25 bits per heavy atom. The molecule has 0 aliphatic rings. The Morgan fingerprint density at radius 3 is 2.81 bits per heavy atom. The van der Waals surface area contributed by atoms with E-state index >= 15 is 0 Å². The summed E-state index contributed by atoms with van der Waals surface area (Å²) in [5.74, 6) is -0.255. The maximum Gasteiger partial charge on any atom is 0.168 e. The van der Waals surface area contributed by atoms with Crippen LogP contribution in [0.15, 0.2) is 18.2 Å². The van der Waals surface area contributed by atoms with E-state index in [-0.39, 0.29) is 23.8 Å². The zero-order chi connectivity index (χ0) is 12.1. The molecule has 0 aliphatic heterocycles. The van der Waals surface area contributed by atoms with Crippen molar-refractivity contribution in [2.24, 2.45) is 5.73 Å². The summed E-state index contributed by atoms with van der Waals surface area (Å²) in [4.78, 5) is 11.8. The molecule has 1 unspecified atom stereocenters. The molecular weight excluding hydrogens is 209 g/mol. The molecule has 0 bridgehead atoms. The smallest absolute Gasteiger partial charge is 0.168 e. The highest BCUT2D eigenvalue weighted by molar-refractivity contribution is 5.99. The van der Waals surface area contributed by atoms with Crippen molar-refractivity contribution in [1.29, 1.82) is 0 Å². The van der Waals surface area contributed by atoms with Gasteiger partial charge in [-0.2, -0.15) is 0 Å². The molecule has 3 nitrogen and oxygen atoms in total. The van der Waals surface area contributed by atoms with Crippen LogP contribution in [0.5, 0.6) is 5.75 Å². The molecule has 0 amide bonds. The van der Waals surface area contributed by atoms with E-state index in [2.05, 4.69) is 0 Å². The number of methoxy groups -OCH3 is 1. The fourth-order valence-electron chi connectivity index (χ4n) is 1.39. The van der Waals surface area contributed by atoms with Crippen molar-refractivity contribution in [1.82, 2.24) is 0 Å². The highest BCUT2D eigenvalue weighted by atomic mass is 19.1. The molecule has 0 spiro atoms. The number of carbonyl (C=O) groups excluding carboxylic acids is 1. The number of rotatable bonds is 5. The van der Waals surface area contributed by atoms with Crippen molar-refractivity contribution in [2.45, 2.75) is 25.8 Å². The van der Waals surface area contributed by atoms with E-state index in [1.54, 1.807) is 0 Å². The largest absolute Gasteiger partial charge is 0.496 e. The first-order valence-corrected chi connectivity index (χ1v) is 5.20. The third kappa shape index (κ3) is 3.03.